The molecular formula is C13H22F3N3O. The Morgan fingerprint density at radius 2 is 1.85 bits per heavy atom. The van der Waals surface area contributed by atoms with E-state index in [1.165, 1.54) is 11.9 Å². The molecule has 0 aromatic carbocycles. The highest BCUT2D eigenvalue weighted by Crippen LogP contribution is 2.31. The minimum absolute atomic E-state index is 0.00176. The minimum Gasteiger partial charge on any atom is -0.352 e. The average molecular weight is 293 g/mol. The highest BCUT2D eigenvalue weighted by atomic mass is 19.4. The zero-order valence-electron chi connectivity index (χ0n) is 11.7. The molecule has 2 saturated heterocycles. The number of amides is 1. The maximum Gasteiger partial charge on any atom is 0.404 e. The van der Waals surface area contributed by atoms with Crippen LogP contribution < -0.4 is 10.6 Å². The van der Waals surface area contributed by atoms with Gasteiger partial charge in [-0.25, -0.2) is 0 Å². The molecule has 0 bridgehead atoms. The number of carbonyl (C=O) groups is 1. The maximum absolute atomic E-state index is 12.7. The Balaban J connectivity index is 1.82. The summed E-state index contributed by atoms with van der Waals surface area (Å²) >= 11 is 0. The predicted octanol–water partition coefficient (Wildman–Crippen LogP) is 1.13. The van der Waals surface area contributed by atoms with Crippen LogP contribution in [0.4, 0.5) is 13.2 Å². The van der Waals surface area contributed by atoms with Crippen molar-refractivity contribution in [2.24, 2.45) is 5.92 Å². The zero-order chi connectivity index (χ0) is 14.8. The molecule has 0 radical (unpaired) electrons. The van der Waals surface area contributed by atoms with Crippen LogP contribution in [0.5, 0.6) is 0 Å². The number of nitrogens with zero attached hydrogens (tertiary/aromatic N) is 1. The van der Waals surface area contributed by atoms with Crippen molar-refractivity contribution in [3.8, 4) is 0 Å². The quantitative estimate of drug-likeness (QED) is 0.802. The number of carbonyl (C=O) groups excluding carboxylic acids is 1. The second-order valence-corrected chi connectivity index (χ2v) is 5.80. The van der Waals surface area contributed by atoms with Gasteiger partial charge >= 0.3 is 6.18 Å². The number of likely N-dealkylation sites (tertiary alicyclic amines) is 1. The van der Waals surface area contributed by atoms with E-state index in [4.69, 9.17) is 0 Å². The summed E-state index contributed by atoms with van der Waals surface area (Å²) < 4.78 is 38.2. The third-order valence-corrected chi connectivity index (χ3v) is 4.26. The Labute approximate surface area is 117 Å². The van der Waals surface area contributed by atoms with Gasteiger partial charge in [0.2, 0.25) is 5.91 Å². The number of piperidine rings is 2. The molecule has 20 heavy (non-hydrogen) atoms. The third kappa shape index (κ3) is 3.85. The molecule has 0 spiro atoms. The molecule has 0 aromatic rings. The number of alkyl halides is 3. The van der Waals surface area contributed by atoms with E-state index in [2.05, 4.69) is 10.6 Å². The van der Waals surface area contributed by atoms with Crippen molar-refractivity contribution < 1.29 is 18.0 Å². The van der Waals surface area contributed by atoms with Gasteiger partial charge in [-0.2, -0.15) is 13.2 Å². The van der Waals surface area contributed by atoms with Crippen molar-refractivity contribution >= 4 is 5.91 Å². The van der Waals surface area contributed by atoms with Crippen LogP contribution in [0.25, 0.3) is 0 Å². The van der Waals surface area contributed by atoms with Gasteiger partial charge in [-0.3, -0.25) is 9.69 Å². The van der Waals surface area contributed by atoms with Gasteiger partial charge in [-0.15, -0.1) is 0 Å². The van der Waals surface area contributed by atoms with E-state index in [1.807, 2.05) is 0 Å². The highest BCUT2D eigenvalue weighted by Gasteiger charge is 2.45. The molecule has 2 atom stereocenters. The summed E-state index contributed by atoms with van der Waals surface area (Å²) in [6.07, 6.45) is -2.12. The smallest absolute Gasteiger partial charge is 0.352 e. The predicted molar refractivity (Wildman–Crippen MR) is 69.2 cm³/mol. The molecule has 0 unspecified atom stereocenters. The lowest BCUT2D eigenvalue weighted by Crippen LogP contribution is -2.55. The second-order valence-electron chi connectivity index (χ2n) is 5.80. The number of likely N-dealkylation sites (N-methyl/N-ethyl adjacent to an activating group) is 1. The van der Waals surface area contributed by atoms with Crippen LogP contribution >= 0.6 is 0 Å². The molecule has 4 nitrogen and oxygen atoms in total. The Hall–Kier alpha value is -0.820. The van der Waals surface area contributed by atoms with Crippen molar-refractivity contribution in [1.82, 2.24) is 15.5 Å². The average Bonchev–Trinajstić information content (AvgIpc) is 2.38. The Morgan fingerprint density at radius 3 is 2.40 bits per heavy atom. The summed E-state index contributed by atoms with van der Waals surface area (Å²) in [5.74, 6) is -0.00254. The van der Waals surface area contributed by atoms with E-state index < -0.39 is 12.2 Å². The third-order valence-electron chi connectivity index (χ3n) is 4.26. The number of nitrogens with one attached hydrogen (secondary N) is 2. The molecule has 0 aliphatic carbocycles. The lowest BCUT2D eigenvalue weighted by atomic mass is 9.94. The van der Waals surface area contributed by atoms with Crippen molar-refractivity contribution in [2.75, 3.05) is 26.7 Å². The monoisotopic (exact) mass is 293 g/mol. The van der Waals surface area contributed by atoms with Gasteiger partial charge < -0.3 is 10.6 Å². The van der Waals surface area contributed by atoms with Crippen LogP contribution in [0.1, 0.15) is 25.7 Å². The fraction of sp³-hybridized carbons (Fsp3) is 0.923. The van der Waals surface area contributed by atoms with E-state index in [0.29, 0.717) is 6.42 Å². The van der Waals surface area contributed by atoms with Crippen LogP contribution in [0, 0.1) is 5.92 Å². The first-order valence-electron chi connectivity index (χ1n) is 7.16. The van der Waals surface area contributed by atoms with Gasteiger partial charge in [-0.1, -0.05) is 0 Å². The van der Waals surface area contributed by atoms with Crippen molar-refractivity contribution in [3.05, 3.63) is 0 Å². The number of hydrogen-bond donors (Lipinski definition) is 2. The normalized spacial score (nSPS) is 30.2. The molecule has 2 heterocycles. The van der Waals surface area contributed by atoms with Crippen molar-refractivity contribution in [1.29, 1.82) is 0 Å². The van der Waals surface area contributed by atoms with Gasteiger partial charge in [0.05, 0.1) is 0 Å². The maximum atomic E-state index is 12.7. The lowest BCUT2D eigenvalue weighted by Gasteiger charge is -2.38. The Bertz CT molecular complexity index is 342. The fourth-order valence-corrected chi connectivity index (χ4v) is 3.08. The van der Waals surface area contributed by atoms with Gasteiger partial charge in [0.15, 0.2) is 0 Å². The summed E-state index contributed by atoms with van der Waals surface area (Å²) in [7, 11) is 1.47. The molecular weight excluding hydrogens is 271 g/mol. The Morgan fingerprint density at radius 1 is 1.20 bits per heavy atom. The topological polar surface area (TPSA) is 44.4 Å². The van der Waals surface area contributed by atoms with Gasteiger partial charge in [0.1, 0.15) is 6.04 Å². The van der Waals surface area contributed by atoms with Gasteiger partial charge in [-0.05, 0) is 45.8 Å². The summed E-state index contributed by atoms with van der Waals surface area (Å²) in [6.45, 7) is 1.93. The number of hydrogen-bond acceptors (Lipinski definition) is 3. The number of halogens is 3. The summed E-state index contributed by atoms with van der Waals surface area (Å²) in [6, 6.07) is -1.55. The van der Waals surface area contributed by atoms with Crippen LogP contribution in [0.2, 0.25) is 0 Å². The van der Waals surface area contributed by atoms with Gasteiger partial charge in [0, 0.05) is 18.5 Å². The first-order chi connectivity index (χ1) is 9.38. The van der Waals surface area contributed by atoms with E-state index in [-0.39, 0.29) is 30.8 Å². The second kappa shape index (κ2) is 6.30. The van der Waals surface area contributed by atoms with Crippen molar-refractivity contribution in [2.45, 2.75) is 43.9 Å². The Kier molecular flexibility index (Phi) is 4.90. The number of rotatable bonds is 2. The fourth-order valence-electron chi connectivity index (χ4n) is 3.08. The van der Waals surface area contributed by atoms with E-state index in [9.17, 15) is 18.0 Å². The van der Waals surface area contributed by atoms with Crippen molar-refractivity contribution in [3.63, 3.8) is 0 Å². The zero-order valence-corrected chi connectivity index (χ0v) is 11.7. The standard InChI is InChI=1S/C13H22F3N3O/c1-19-8-10(2-3-11(19)13(14,15)16)18-12(20)9-4-6-17-7-5-9/h9-11,17H,2-8H2,1H3,(H,18,20)/t10-,11+/m0/s1. The lowest BCUT2D eigenvalue weighted by molar-refractivity contribution is -0.188. The first-order valence-corrected chi connectivity index (χ1v) is 7.16. The molecule has 2 aliphatic heterocycles. The van der Waals surface area contributed by atoms with E-state index in [0.717, 1.165) is 25.9 Å². The molecule has 0 saturated carbocycles. The molecule has 1 amide bonds. The molecule has 2 fully saturated rings. The van der Waals surface area contributed by atoms with Crippen LogP contribution in [0.3, 0.4) is 0 Å². The first kappa shape index (κ1) is 15.6. The SMILES string of the molecule is CN1C[C@@H](NC(=O)C2CCNCC2)CC[C@@H]1C(F)(F)F. The summed E-state index contributed by atoms with van der Waals surface area (Å²) in [5, 5.41) is 6.10. The summed E-state index contributed by atoms with van der Waals surface area (Å²) in [5.41, 5.74) is 0. The molecule has 2 aliphatic rings. The highest BCUT2D eigenvalue weighted by molar-refractivity contribution is 5.79. The van der Waals surface area contributed by atoms with Crippen LogP contribution in [0.15, 0.2) is 0 Å². The van der Waals surface area contributed by atoms with Gasteiger partial charge in [0.25, 0.3) is 0 Å². The molecule has 2 rings (SSSR count). The van der Waals surface area contributed by atoms with Crippen LogP contribution in [-0.2, 0) is 4.79 Å². The molecule has 0 aromatic heterocycles. The van der Waals surface area contributed by atoms with E-state index in [1.54, 1.807) is 0 Å². The summed E-state index contributed by atoms with van der Waals surface area (Å²) in [4.78, 5) is 13.4. The van der Waals surface area contributed by atoms with E-state index >= 15 is 0 Å². The largest absolute Gasteiger partial charge is 0.404 e. The van der Waals surface area contributed by atoms with Crippen LogP contribution in [-0.4, -0.2) is 55.7 Å². The molecule has 2 N–H and O–H groups in total. The minimum atomic E-state index is -4.18. The molecule has 116 valence electrons. The molecule has 7 heteroatoms.